The van der Waals surface area contributed by atoms with Crippen LogP contribution in [0.15, 0.2) is 18.2 Å². The van der Waals surface area contributed by atoms with Gasteiger partial charge in [-0.1, -0.05) is 49.8 Å². The van der Waals surface area contributed by atoms with Crippen molar-refractivity contribution in [2.45, 2.75) is 51.4 Å². The first-order valence-corrected chi connectivity index (χ1v) is 7.48. The molecule has 0 N–H and O–H groups in total. The standard InChI is InChI=1S/C16H20ClFO/c17-15-9-7-13(11-16(15)18)10-14(19)8-6-12-4-2-1-3-5-12/h7,9,11-12H,1-6,8,10H2. The third kappa shape index (κ3) is 4.61. The van der Waals surface area contributed by atoms with Crippen molar-refractivity contribution in [1.29, 1.82) is 0 Å². The van der Waals surface area contributed by atoms with E-state index in [1.165, 1.54) is 44.2 Å². The van der Waals surface area contributed by atoms with Gasteiger partial charge in [-0.3, -0.25) is 4.79 Å². The molecule has 3 heteroatoms. The zero-order valence-corrected chi connectivity index (χ0v) is 11.9. The SMILES string of the molecule is O=C(CCC1CCCCC1)Cc1ccc(Cl)c(F)c1. The van der Waals surface area contributed by atoms with Crippen LogP contribution in [0.4, 0.5) is 4.39 Å². The van der Waals surface area contributed by atoms with Crippen LogP contribution in [-0.4, -0.2) is 5.78 Å². The smallest absolute Gasteiger partial charge is 0.142 e. The average molecular weight is 283 g/mol. The minimum absolute atomic E-state index is 0.110. The molecule has 0 radical (unpaired) electrons. The second kappa shape index (κ2) is 7.04. The van der Waals surface area contributed by atoms with E-state index < -0.39 is 5.82 Å². The van der Waals surface area contributed by atoms with Crippen LogP contribution in [0.5, 0.6) is 0 Å². The number of hydrogen-bond acceptors (Lipinski definition) is 1. The van der Waals surface area contributed by atoms with E-state index in [0.29, 0.717) is 12.8 Å². The lowest BCUT2D eigenvalue weighted by molar-refractivity contribution is -0.118. The lowest BCUT2D eigenvalue weighted by Crippen LogP contribution is -2.10. The van der Waals surface area contributed by atoms with Gasteiger partial charge in [0.1, 0.15) is 11.6 Å². The zero-order valence-electron chi connectivity index (χ0n) is 11.1. The van der Waals surface area contributed by atoms with Crippen LogP contribution >= 0.6 is 11.6 Å². The Kier molecular flexibility index (Phi) is 5.38. The molecule has 0 spiro atoms. The molecule has 1 nitrogen and oxygen atoms in total. The molecule has 1 fully saturated rings. The van der Waals surface area contributed by atoms with Crippen molar-refractivity contribution >= 4 is 17.4 Å². The Labute approximate surface area is 119 Å². The Hall–Kier alpha value is -0.890. The van der Waals surface area contributed by atoms with Crippen molar-refractivity contribution in [3.8, 4) is 0 Å². The number of hydrogen-bond donors (Lipinski definition) is 0. The molecular formula is C16H20ClFO. The molecule has 0 bridgehead atoms. The first kappa shape index (κ1) is 14.5. The molecule has 104 valence electrons. The second-order valence-corrected chi connectivity index (χ2v) is 5.91. The first-order valence-electron chi connectivity index (χ1n) is 7.11. The Bertz CT molecular complexity index is 438. The summed E-state index contributed by atoms with van der Waals surface area (Å²) in [5, 5.41) is 0.110. The highest BCUT2D eigenvalue weighted by atomic mass is 35.5. The molecule has 0 unspecified atom stereocenters. The number of halogens is 2. The summed E-state index contributed by atoms with van der Waals surface area (Å²) in [6.45, 7) is 0. The Morgan fingerprint density at radius 1 is 1.26 bits per heavy atom. The molecule has 1 aromatic carbocycles. The van der Waals surface area contributed by atoms with Gasteiger partial charge in [0.2, 0.25) is 0 Å². The van der Waals surface area contributed by atoms with Crippen molar-refractivity contribution in [2.24, 2.45) is 5.92 Å². The third-order valence-electron chi connectivity index (χ3n) is 3.94. The highest BCUT2D eigenvalue weighted by Gasteiger charge is 2.15. The average Bonchev–Trinajstić information content (AvgIpc) is 2.42. The molecule has 0 saturated heterocycles. The van der Waals surface area contributed by atoms with Gasteiger partial charge in [-0.25, -0.2) is 4.39 Å². The monoisotopic (exact) mass is 282 g/mol. The normalized spacial score (nSPS) is 16.5. The topological polar surface area (TPSA) is 17.1 Å². The lowest BCUT2D eigenvalue weighted by Gasteiger charge is -2.20. The van der Waals surface area contributed by atoms with Crippen molar-refractivity contribution < 1.29 is 9.18 Å². The molecule has 0 atom stereocenters. The van der Waals surface area contributed by atoms with Crippen LogP contribution < -0.4 is 0 Å². The largest absolute Gasteiger partial charge is 0.299 e. The number of benzene rings is 1. The Balaban J connectivity index is 1.78. The van der Waals surface area contributed by atoms with Gasteiger partial charge in [-0.15, -0.1) is 0 Å². The summed E-state index contributed by atoms with van der Waals surface area (Å²) in [5.41, 5.74) is 0.718. The van der Waals surface area contributed by atoms with E-state index in [9.17, 15) is 9.18 Å². The van der Waals surface area contributed by atoms with E-state index in [4.69, 9.17) is 11.6 Å². The molecule has 0 amide bonds. The molecule has 1 aromatic rings. The van der Waals surface area contributed by atoms with Gasteiger partial charge in [-0.05, 0) is 30.0 Å². The van der Waals surface area contributed by atoms with Gasteiger partial charge in [-0.2, -0.15) is 0 Å². The maximum Gasteiger partial charge on any atom is 0.142 e. The molecule has 1 aliphatic rings. The van der Waals surface area contributed by atoms with Crippen molar-refractivity contribution in [1.82, 2.24) is 0 Å². The van der Waals surface area contributed by atoms with Crippen LogP contribution in [0, 0.1) is 11.7 Å². The minimum atomic E-state index is -0.445. The number of carbonyl (C=O) groups excluding carboxylic acids is 1. The van der Waals surface area contributed by atoms with Gasteiger partial charge in [0.05, 0.1) is 5.02 Å². The van der Waals surface area contributed by atoms with Gasteiger partial charge in [0, 0.05) is 12.8 Å². The second-order valence-electron chi connectivity index (χ2n) is 5.51. The fourth-order valence-electron chi connectivity index (χ4n) is 2.81. The predicted molar refractivity (Wildman–Crippen MR) is 75.9 cm³/mol. The summed E-state index contributed by atoms with van der Waals surface area (Å²) in [7, 11) is 0. The Morgan fingerprint density at radius 3 is 2.68 bits per heavy atom. The molecule has 19 heavy (non-hydrogen) atoms. The molecule has 1 aliphatic carbocycles. The number of carbonyl (C=O) groups is 1. The highest BCUT2D eigenvalue weighted by Crippen LogP contribution is 2.27. The summed E-state index contributed by atoms with van der Waals surface area (Å²) >= 11 is 5.62. The maximum absolute atomic E-state index is 13.3. The molecular weight excluding hydrogens is 263 g/mol. The van der Waals surface area contributed by atoms with Crippen molar-refractivity contribution in [3.63, 3.8) is 0 Å². The molecule has 2 rings (SSSR count). The van der Waals surface area contributed by atoms with Crippen molar-refractivity contribution in [3.05, 3.63) is 34.6 Å². The predicted octanol–water partition coefficient (Wildman–Crippen LogP) is 4.95. The van der Waals surface area contributed by atoms with Crippen LogP contribution in [0.2, 0.25) is 5.02 Å². The van der Waals surface area contributed by atoms with Crippen LogP contribution in [-0.2, 0) is 11.2 Å². The van der Waals surface area contributed by atoms with E-state index in [0.717, 1.165) is 17.9 Å². The number of Topliss-reactive ketones (excluding diaryl/α,β-unsaturated/α-hetero) is 1. The van der Waals surface area contributed by atoms with Gasteiger partial charge in [0.15, 0.2) is 0 Å². The fourth-order valence-corrected chi connectivity index (χ4v) is 2.92. The molecule has 0 heterocycles. The van der Waals surface area contributed by atoms with Crippen LogP contribution in [0.25, 0.3) is 0 Å². The summed E-state index contributed by atoms with van der Waals surface area (Å²) in [6.07, 6.45) is 8.42. The van der Waals surface area contributed by atoms with E-state index in [2.05, 4.69) is 0 Å². The minimum Gasteiger partial charge on any atom is -0.299 e. The van der Waals surface area contributed by atoms with E-state index in [1.807, 2.05) is 0 Å². The zero-order chi connectivity index (χ0) is 13.7. The van der Waals surface area contributed by atoms with E-state index >= 15 is 0 Å². The maximum atomic E-state index is 13.3. The number of rotatable bonds is 5. The highest BCUT2D eigenvalue weighted by molar-refractivity contribution is 6.30. The summed E-state index contributed by atoms with van der Waals surface area (Å²) < 4.78 is 13.3. The lowest BCUT2D eigenvalue weighted by atomic mass is 9.85. The van der Waals surface area contributed by atoms with E-state index in [-0.39, 0.29) is 10.8 Å². The summed E-state index contributed by atoms with van der Waals surface area (Å²) in [6, 6.07) is 4.60. The van der Waals surface area contributed by atoms with Gasteiger partial charge >= 0.3 is 0 Å². The first-order chi connectivity index (χ1) is 9.15. The van der Waals surface area contributed by atoms with Crippen molar-refractivity contribution in [2.75, 3.05) is 0 Å². The summed E-state index contributed by atoms with van der Waals surface area (Å²) in [5.74, 6) is 0.478. The van der Waals surface area contributed by atoms with Gasteiger partial charge in [0.25, 0.3) is 0 Å². The quantitative estimate of drug-likeness (QED) is 0.747. The molecule has 0 aliphatic heterocycles. The third-order valence-corrected chi connectivity index (χ3v) is 4.25. The van der Waals surface area contributed by atoms with E-state index in [1.54, 1.807) is 6.07 Å². The van der Waals surface area contributed by atoms with Gasteiger partial charge < -0.3 is 0 Å². The number of ketones is 1. The fraction of sp³-hybridized carbons (Fsp3) is 0.562. The Morgan fingerprint density at radius 2 is 2.00 bits per heavy atom. The van der Waals surface area contributed by atoms with Crippen LogP contribution in [0.1, 0.15) is 50.5 Å². The van der Waals surface area contributed by atoms with Crippen LogP contribution in [0.3, 0.4) is 0 Å². The molecule has 0 aromatic heterocycles. The molecule has 1 saturated carbocycles. The summed E-state index contributed by atoms with van der Waals surface area (Å²) in [4.78, 5) is 11.9.